The summed E-state index contributed by atoms with van der Waals surface area (Å²) in [5, 5.41) is 3.99. The second-order valence-corrected chi connectivity index (χ2v) is 8.84. The molecule has 4 aromatic rings. The fourth-order valence-corrected chi connectivity index (χ4v) is 4.22. The molecule has 1 aromatic heterocycles. The van der Waals surface area contributed by atoms with E-state index < -0.39 is 6.04 Å². The highest BCUT2D eigenvalue weighted by Crippen LogP contribution is 2.23. The third-order valence-corrected chi connectivity index (χ3v) is 6.16. The van der Waals surface area contributed by atoms with Gasteiger partial charge in [-0.3, -0.25) is 9.36 Å². The number of fused-ring (bicyclic) bond motifs is 1. The number of nitrogens with zero attached hydrogens (tertiary/aromatic N) is 3. The van der Waals surface area contributed by atoms with Gasteiger partial charge in [0.15, 0.2) is 0 Å². The Kier molecular flexibility index (Phi) is 6.98. The Hall–Kier alpha value is -3.64. The van der Waals surface area contributed by atoms with E-state index in [2.05, 4.69) is 5.32 Å². The molecule has 4 rings (SSSR count). The number of rotatable bonds is 6. The molecular weight excluding hydrogens is 448 g/mol. The number of aromatic nitrogens is 2. The van der Waals surface area contributed by atoms with Crippen LogP contribution in [0.2, 0.25) is 5.02 Å². The van der Waals surface area contributed by atoms with E-state index in [1.807, 2.05) is 68.4 Å². The molecule has 0 spiro atoms. The minimum absolute atomic E-state index is 0.175. The van der Waals surface area contributed by atoms with Crippen molar-refractivity contribution in [1.82, 2.24) is 14.5 Å². The van der Waals surface area contributed by atoms with Gasteiger partial charge in [0, 0.05) is 24.3 Å². The molecule has 0 aliphatic carbocycles. The highest BCUT2D eigenvalue weighted by molar-refractivity contribution is 6.31. The standard InChI is InChI=1S/C27H27ClN4O2/c1-18-8-7-11-22(16-18)29-27(34)32(15-14-20-9-5-4-6-10-20)19(2)25-30-24-17-21(28)12-13-23(24)26(33)31(25)3/h4-13,16-17,19H,14-15H2,1-3H3,(H,29,34). The number of hydrogen-bond donors (Lipinski definition) is 1. The van der Waals surface area contributed by atoms with Crippen LogP contribution in [-0.2, 0) is 13.5 Å². The summed E-state index contributed by atoms with van der Waals surface area (Å²) in [6, 6.07) is 22.0. The lowest BCUT2D eigenvalue weighted by atomic mass is 10.1. The topological polar surface area (TPSA) is 67.2 Å². The highest BCUT2D eigenvalue weighted by Gasteiger charge is 2.25. The first-order chi connectivity index (χ1) is 16.3. The van der Waals surface area contributed by atoms with Crippen molar-refractivity contribution in [3.8, 4) is 0 Å². The van der Waals surface area contributed by atoms with Gasteiger partial charge in [-0.15, -0.1) is 0 Å². The first kappa shape index (κ1) is 23.5. The molecule has 1 unspecified atom stereocenters. The van der Waals surface area contributed by atoms with Crippen LogP contribution >= 0.6 is 11.6 Å². The SMILES string of the molecule is Cc1cccc(NC(=O)N(CCc2ccccc2)C(C)c2nc3cc(Cl)ccc3c(=O)n2C)c1. The summed E-state index contributed by atoms with van der Waals surface area (Å²) in [6.45, 7) is 4.32. The molecule has 0 saturated carbocycles. The van der Waals surface area contributed by atoms with Gasteiger partial charge in [0.1, 0.15) is 5.82 Å². The highest BCUT2D eigenvalue weighted by atomic mass is 35.5. The lowest BCUT2D eigenvalue weighted by molar-refractivity contribution is 0.189. The summed E-state index contributed by atoms with van der Waals surface area (Å²) in [6.07, 6.45) is 0.666. The molecule has 0 aliphatic heterocycles. The smallest absolute Gasteiger partial charge is 0.314 e. The molecule has 0 saturated heterocycles. The van der Waals surface area contributed by atoms with Crippen molar-refractivity contribution in [2.24, 2.45) is 7.05 Å². The summed E-state index contributed by atoms with van der Waals surface area (Å²) in [4.78, 5) is 32.9. The Bertz CT molecular complexity index is 1380. The number of amides is 2. The van der Waals surface area contributed by atoms with Gasteiger partial charge in [-0.1, -0.05) is 54.1 Å². The summed E-state index contributed by atoms with van der Waals surface area (Å²) >= 11 is 6.15. The molecule has 1 atom stereocenters. The van der Waals surface area contributed by atoms with Crippen LogP contribution in [0.3, 0.4) is 0 Å². The molecule has 0 bridgehead atoms. The molecule has 1 N–H and O–H groups in total. The molecular formula is C27H27ClN4O2. The summed E-state index contributed by atoms with van der Waals surface area (Å²) in [7, 11) is 1.68. The summed E-state index contributed by atoms with van der Waals surface area (Å²) < 4.78 is 1.51. The number of hydrogen-bond acceptors (Lipinski definition) is 3. The lowest BCUT2D eigenvalue weighted by Crippen LogP contribution is -2.41. The third-order valence-electron chi connectivity index (χ3n) is 5.93. The molecule has 174 valence electrons. The molecule has 1 heterocycles. The van der Waals surface area contributed by atoms with Crippen LogP contribution in [0.1, 0.15) is 29.9 Å². The Morgan fingerprint density at radius 2 is 1.85 bits per heavy atom. The van der Waals surface area contributed by atoms with Crippen molar-refractivity contribution in [3.05, 3.63) is 105 Å². The number of anilines is 1. The maximum Gasteiger partial charge on any atom is 0.322 e. The minimum atomic E-state index is -0.463. The third kappa shape index (κ3) is 5.13. The molecule has 0 fully saturated rings. The predicted octanol–water partition coefficient (Wildman–Crippen LogP) is 5.73. The van der Waals surface area contributed by atoms with Gasteiger partial charge in [-0.25, -0.2) is 9.78 Å². The van der Waals surface area contributed by atoms with Gasteiger partial charge in [0.2, 0.25) is 0 Å². The number of benzene rings is 3. The van der Waals surface area contributed by atoms with Crippen LogP contribution in [-0.4, -0.2) is 27.0 Å². The molecule has 34 heavy (non-hydrogen) atoms. The van der Waals surface area contributed by atoms with Crippen LogP contribution in [0.5, 0.6) is 0 Å². The van der Waals surface area contributed by atoms with Crippen molar-refractivity contribution in [3.63, 3.8) is 0 Å². The molecule has 3 aromatic carbocycles. The van der Waals surface area contributed by atoms with Gasteiger partial charge in [-0.2, -0.15) is 0 Å². The fraction of sp³-hybridized carbons (Fsp3) is 0.222. The van der Waals surface area contributed by atoms with E-state index in [1.54, 1.807) is 30.1 Å². The Morgan fingerprint density at radius 3 is 2.59 bits per heavy atom. The maximum absolute atomic E-state index is 13.5. The van der Waals surface area contributed by atoms with Crippen molar-refractivity contribution >= 4 is 34.2 Å². The van der Waals surface area contributed by atoms with E-state index >= 15 is 0 Å². The van der Waals surface area contributed by atoms with Gasteiger partial charge >= 0.3 is 6.03 Å². The summed E-state index contributed by atoms with van der Waals surface area (Å²) in [5.41, 5.74) is 3.23. The number of urea groups is 1. The van der Waals surface area contributed by atoms with E-state index in [1.165, 1.54) is 4.57 Å². The second kappa shape index (κ2) is 10.1. The zero-order chi connectivity index (χ0) is 24.2. The number of nitrogens with one attached hydrogen (secondary N) is 1. The molecule has 0 aliphatic rings. The monoisotopic (exact) mass is 474 g/mol. The van der Waals surface area contributed by atoms with Crippen LogP contribution in [0, 0.1) is 6.92 Å². The maximum atomic E-state index is 13.5. The van der Waals surface area contributed by atoms with Crippen LogP contribution in [0.4, 0.5) is 10.5 Å². The van der Waals surface area contributed by atoms with Gasteiger partial charge < -0.3 is 10.2 Å². The number of halogens is 1. The zero-order valence-corrected chi connectivity index (χ0v) is 20.2. The second-order valence-electron chi connectivity index (χ2n) is 8.40. The average Bonchev–Trinajstić information content (AvgIpc) is 2.82. The Labute approximate surface area is 203 Å². The molecule has 2 amide bonds. The Balaban J connectivity index is 1.70. The van der Waals surface area contributed by atoms with Crippen LogP contribution in [0.15, 0.2) is 77.6 Å². The number of aryl methyl sites for hydroxylation is 1. The van der Waals surface area contributed by atoms with Crippen molar-refractivity contribution in [1.29, 1.82) is 0 Å². The van der Waals surface area contributed by atoms with E-state index in [4.69, 9.17) is 16.6 Å². The predicted molar refractivity (Wildman–Crippen MR) is 137 cm³/mol. The number of carbonyl (C=O) groups is 1. The minimum Gasteiger partial charge on any atom is -0.314 e. The Morgan fingerprint density at radius 1 is 1.09 bits per heavy atom. The van der Waals surface area contributed by atoms with Crippen LogP contribution < -0.4 is 10.9 Å². The van der Waals surface area contributed by atoms with E-state index in [0.717, 1.165) is 11.1 Å². The average molecular weight is 475 g/mol. The zero-order valence-electron chi connectivity index (χ0n) is 19.5. The molecule has 6 nitrogen and oxygen atoms in total. The fourth-order valence-electron chi connectivity index (χ4n) is 4.06. The first-order valence-corrected chi connectivity index (χ1v) is 11.6. The van der Waals surface area contributed by atoms with E-state index in [0.29, 0.717) is 40.4 Å². The largest absolute Gasteiger partial charge is 0.322 e. The number of carbonyl (C=O) groups excluding carboxylic acids is 1. The first-order valence-electron chi connectivity index (χ1n) is 11.2. The molecule has 7 heteroatoms. The van der Waals surface area contributed by atoms with E-state index in [9.17, 15) is 9.59 Å². The summed E-state index contributed by atoms with van der Waals surface area (Å²) in [5.74, 6) is 0.493. The molecule has 0 radical (unpaired) electrons. The van der Waals surface area contributed by atoms with Crippen molar-refractivity contribution in [2.45, 2.75) is 26.3 Å². The van der Waals surface area contributed by atoms with Gasteiger partial charge in [0.05, 0.1) is 16.9 Å². The normalized spacial score (nSPS) is 11.9. The van der Waals surface area contributed by atoms with Crippen molar-refractivity contribution in [2.75, 3.05) is 11.9 Å². The van der Waals surface area contributed by atoms with Crippen molar-refractivity contribution < 1.29 is 4.79 Å². The van der Waals surface area contributed by atoms with Gasteiger partial charge in [-0.05, 0) is 61.7 Å². The van der Waals surface area contributed by atoms with Gasteiger partial charge in [0.25, 0.3) is 5.56 Å². The van der Waals surface area contributed by atoms with E-state index in [-0.39, 0.29) is 11.6 Å². The lowest BCUT2D eigenvalue weighted by Gasteiger charge is -2.30. The van der Waals surface area contributed by atoms with Crippen LogP contribution in [0.25, 0.3) is 10.9 Å². The quantitative estimate of drug-likeness (QED) is 0.388.